The Morgan fingerprint density at radius 1 is 1.00 bits per heavy atom. The number of rotatable bonds is 7. The summed E-state index contributed by atoms with van der Waals surface area (Å²) in [6, 6.07) is 15.2. The maximum Gasteiger partial charge on any atom is 0.323 e. The summed E-state index contributed by atoms with van der Waals surface area (Å²) in [7, 11) is 0. The van der Waals surface area contributed by atoms with Gasteiger partial charge >= 0.3 is 5.69 Å². The van der Waals surface area contributed by atoms with Gasteiger partial charge in [-0.2, -0.15) is 0 Å². The third-order valence-corrected chi connectivity index (χ3v) is 4.54. The number of aromatic nitrogens is 2. The number of hydrogen-bond donors (Lipinski definition) is 4. The molecule has 0 aliphatic heterocycles. The molecule has 3 rings (SSSR count). The Morgan fingerprint density at radius 3 is 2.41 bits per heavy atom. The second-order valence-electron chi connectivity index (χ2n) is 7.31. The molecule has 4 N–H and O–H groups in total. The smallest absolute Gasteiger partial charge is 0.323 e. The summed E-state index contributed by atoms with van der Waals surface area (Å²) in [5.74, 6) is 0.391. The predicted molar refractivity (Wildman–Crippen MR) is 109 cm³/mol. The molecule has 3 aromatic rings. The van der Waals surface area contributed by atoms with E-state index in [0.717, 1.165) is 6.42 Å². The van der Waals surface area contributed by atoms with E-state index in [4.69, 9.17) is 0 Å². The van der Waals surface area contributed by atoms with Gasteiger partial charge in [0.05, 0.1) is 17.1 Å². The van der Waals surface area contributed by atoms with E-state index in [1.165, 1.54) is 5.56 Å². The Morgan fingerprint density at radius 2 is 1.70 bits per heavy atom. The van der Waals surface area contributed by atoms with Crippen LogP contribution < -0.4 is 16.3 Å². The molecule has 2 aromatic carbocycles. The summed E-state index contributed by atoms with van der Waals surface area (Å²) < 4.78 is 0. The second kappa shape index (κ2) is 8.22. The van der Waals surface area contributed by atoms with Gasteiger partial charge in [0.25, 0.3) is 0 Å². The molecule has 1 heterocycles. The molecule has 1 amide bonds. The molecule has 27 heavy (non-hydrogen) atoms. The largest absolute Gasteiger partial charge is 0.325 e. The zero-order chi connectivity index (χ0) is 19.4. The minimum Gasteiger partial charge on any atom is -0.325 e. The number of amides is 1. The van der Waals surface area contributed by atoms with Gasteiger partial charge in [-0.15, -0.1) is 0 Å². The van der Waals surface area contributed by atoms with E-state index in [-0.39, 0.29) is 23.7 Å². The van der Waals surface area contributed by atoms with Crippen LogP contribution in [-0.4, -0.2) is 21.9 Å². The van der Waals surface area contributed by atoms with Gasteiger partial charge < -0.3 is 15.3 Å². The Balaban J connectivity index is 1.69. The quantitative estimate of drug-likeness (QED) is 0.515. The van der Waals surface area contributed by atoms with Crippen molar-refractivity contribution >= 4 is 22.6 Å². The van der Waals surface area contributed by atoms with E-state index in [0.29, 0.717) is 22.6 Å². The monoisotopic (exact) mass is 366 g/mol. The number of fused-ring (bicyclic) bond motifs is 1. The third kappa shape index (κ3) is 4.86. The SMILES string of the molecule is CC(C)C[C@H](N[C@@H](C)C(=O)Nc1ccc2[nH]c(=O)[nH]c2c1)c1ccccc1. The van der Waals surface area contributed by atoms with Crippen LogP contribution in [0.4, 0.5) is 5.69 Å². The third-order valence-electron chi connectivity index (χ3n) is 4.54. The van der Waals surface area contributed by atoms with Gasteiger partial charge in [0.2, 0.25) is 5.91 Å². The van der Waals surface area contributed by atoms with Crippen LogP contribution >= 0.6 is 0 Å². The lowest BCUT2D eigenvalue weighted by Crippen LogP contribution is -2.40. The fourth-order valence-corrected chi connectivity index (χ4v) is 3.20. The van der Waals surface area contributed by atoms with Crippen molar-refractivity contribution in [1.82, 2.24) is 15.3 Å². The van der Waals surface area contributed by atoms with Gasteiger partial charge in [-0.25, -0.2) is 4.79 Å². The van der Waals surface area contributed by atoms with Crippen molar-refractivity contribution in [2.24, 2.45) is 5.92 Å². The maximum atomic E-state index is 12.7. The Hall–Kier alpha value is -2.86. The van der Waals surface area contributed by atoms with Gasteiger partial charge in [0.15, 0.2) is 0 Å². The Bertz CT molecular complexity index is 959. The zero-order valence-electron chi connectivity index (χ0n) is 15.9. The van der Waals surface area contributed by atoms with Gasteiger partial charge in [-0.1, -0.05) is 44.2 Å². The number of carbonyl (C=O) groups is 1. The van der Waals surface area contributed by atoms with Crippen LogP contribution in [0, 0.1) is 5.92 Å². The van der Waals surface area contributed by atoms with Crippen LogP contribution in [-0.2, 0) is 4.79 Å². The van der Waals surface area contributed by atoms with Crippen molar-refractivity contribution in [2.45, 2.75) is 39.3 Å². The van der Waals surface area contributed by atoms with Crippen molar-refractivity contribution in [2.75, 3.05) is 5.32 Å². The highest BCUT2D eigenvalue weighted by Gasteiger charge is 2.20. The summed E-state index contributed by atoms with van der Waals surface area (Å²) in [5, 5.41) is 6.37. The second-order valence-corrected chi connectivity index (χ2v) is 7.31. The molecule has 0 aliphatic carbocycles. The molecule has 0 saturated heterocycles. The number of H-pyrrole nitrogens is 2. The number of nitrogens with one attached hydrogen (secondary N) is 4. The van der Waals surface area contributed by atoms with Crippen molar-refractivity contribution in [3.63, 3.8) is 0 Å². The van der Waals surface area contributed by atoms with E-state index in [9.17, 15) is 9.59 Å². The summed E-state index contributed by atoms with van der Waals surface area (Å²) >= 11 is 0. The highest BCUT2D eigenvalue weighted by molar-refractivity contribution is 5.96. The van der Waals surface area contributed by atoms with Crippen molar-refractivity contribution in [3.8, 4) is 0 Å². The van der Waals surface area contributed by atoms with Gasteiger partial charge in [0.1, 0.15) is 0 Å². The molecule has 0 bridgehead atoms. The lowest BCUT2D eigenvalue weighted by atomic mass is 9.96. The van der Waals surface area contributed by atoms with Crippen LogP contribution in [0.2, 0.25) is 0 Å². The lowest BCUT2D eigenvalue weighted by molar-refractivity contribution is -0.118. The molecule has 0 aliphatic rings. The minimum absolute atomic E-state index is 0.107. The zero-order valence-corrected chi connectivity index (χ0v) is 15.9. The van der Waals surface area contributed by atoms with Crippen LogP contribution in [0.1, 0.15) is 38.8 Å². The van der Waals surface area contributed by atoms with Crippen LogP contribution in [0.5, 0.6) is 0 Å². The number of anilines is 1. The molecule has 0 fully saturated rings. The van der Waals surface area contributed by atoms with Gasteiger partial charge in [-0.3, -0.25) is 10.1 Å². The summed E-state index contributed by atoms with van der Waals surface area (Å²) in [4.78, 5) is 29.4. The average molecular weight is 366 g/mol. The van der Waals surface area contributed by atoms with E-state index in [2.05, 4.69) is 46.6 Å². The number of benzene rings is 2. The summed E-state index contributed by atoms with van der Waals surface area (Å²) in [6.45, 7) is 6.22. The molecule has 2 atom stereocenters. The van der Waals surface area contributed by atoms with Crippen molar-refractivity contribution in [1.29, 1.82) is 0 Å². The van der Waals surface area contributed by atoms with Crippen LogP contribution in [0.25, 0.3) is 11.0 Å². The topological polar surface area (TPSA) is 89.8 Å². The first-order chi connectivity index (χ1) is 12.9. The first-order valence-corrected chi connectivity index (χ1v) is 9.26. The molecule has 1 aromatic heterocycles. The number of hydrogen-bond acceptors (Lipinski definition) is 3. The molecule has 0 saturated carbocycles. The molecular formula is C21H26N4O2. The first-order valence-electron chi connectivity index (χ1n) is 9.26. The van der Waals surface area contributed by atoms with Crippen LogP contribution in [0.15, 0.2) is 53.3 Å². The van der Waals surface area contributed by atoms with E-state index in [1.54, 1.807) is 18.2 Å². The highest BCUT2D eigenvalue weighted by atomic mass is 16.2. The molecule has 0 spiro atoms. The highest BCUT2D eigenvalue weighted by Crippen LogP contribution is 2.22. The summed E-state index contributed by atoms with van der Waals surface area (Å²) in [6.07, 6.45) is 0.943. The normalized spacial score (nSPS) is 13.6. The van der Waals surface area contributed by atoms with Gasteiger partial charge in [0, 0.05) is 11.7 Å². The molecule has 0 radical (unpaired) electrons. The predicted octanol–water partition coefficient (Wildman–Crippen LogP) is 3.56. The summed E-state index contributed by atoms with van der Waals surface area (Å²) in [5.41, 5.74) is 2.95. The first kappa shape index (κ1) is 18.9. The number of aromatic amines is 2. The van der Waals surface area contributed by atoms with E-state index >= 15 is 0 Å². The Kier molecular flexibility index (Phi) is 5.76. The lowest BCUT2D eigenvalue weighted by Gasteiger charge is -2.25. The molecular weight excluding hydrogens is 340 g/mol. The standard InChI is InChI=1S/C21H26N4O2/c1-13(2)11-18(15-7-5-4-6-8-15)22-14(3)20(26)23-16-9-10-17-19(12-16)25-21(27)24-17/h4-10,12-14,18,22H,11H2,1-3H3,(H,23,26)(H2,24,25,27)/t14-,18-/m0/s1. The Labute approximate surface area is 158 Å². The van der Waals surface area contributed by atoms with E-state index in [1.807, 2.05) is 25.1 Å². The van der Waals surface area contributed by atoms with Gasteiger partial charge in [-0.05, 0) is 43.0 Å². The fraction of sp³-hybridized carbons (Fsp3) is 0.333. The molecule has 142 valence electrons. The maximum absolute atomic E-state index is 12.7. The van der Waals surface area contributed by atoms with Crippen LogP contribution in [0.3, 0.4) is 0 Å². The molecule has 6 nitrogen and oxygen atoms in total. The average Bonchev–Trinajstić information content (AvgIpc) is 3.00. The number of carbonyl (C=O) groups excluding carboxylic acids is 1. The van der Waals surface area contributed by atoms with Crippen molar-refractivity contribution < 1.29 is 4.79 Å². The molecule has 0 unspecified atom stereocenters. The fourth-order valence-electron chi connectivity index (χ4n) is 3.20. The minimum atomic E-state index is -0.366. The number of imidazole rings is 1. The molecule has 6 heteroatoms. The van der Waals surface area contributed by atoms with Crippen molar-refractivity contribution in [3.05, 3.63) is 64.6 Å². The van der Waals surface area contributed by atoms with E-state index < -0.39 is 0 Å².